The number of hydrogen-bond donors (Lipinski definition) is 3. The van der Waals surface area contributed by atoms with E-state index in [1.807, 2.05) is 24.3 Å². The molecule has 4 N–H and O–H groups in total. The number of amides is 1. The van der Waals surface area contributed by atoms with Gasteiger partial charge in [-0.1, -0.05) is 0 Å². The van der Waals surface area contributed by atoms with Crippen LogP contribution in [-0.2, 0) is 4.79 Å². The lowest BCUT2D eigenvalue weighted by atomic mass is 10.2. The van der Waals surface area contributed by atoms with Crippen molar-refractivity contribution < 1.29 is 4.79 Å². The molecule has 2 rings (SSSR count). The summed E-state index contributed by atoms with van der Waals surface area (Å²) in [5.41, 5.74) is 12.3. The van der Waals surface area contributed by atoms with Crippen LogP contribution in [0.2, 0.25) is 0 Å². The predicted octanol–water partition coefficient (Wildman–Crippen LogP) is 0.890. The second-order valence-electron chi connectivity index (χ2n) is 3.03. The Bertz CT molecular complexity index is 498. The highest BCUT2D eigenvalue weighted by molar-refractivity contribution is 5.83. The van der Waals surface area contributed by atoms with Crippen molar-refractivity contribution in [2.45, 2.75) is 0 Å². The van der Waals surface area contributed by atoms with Gasteiger partial charge < -0.3 is 5.73 Å². The molecule has 15 heavy (non-hydrogen) atoms. The number of carbonyl (C=O) groups excluding carboxylic acids is 1. The van der Waals surface area contributed by atoms with Crippen LogP contribution < -0.4 is 16.6 Å². The van der Waals surface area contributed by atoms with Gasteiger partial charge in [0.2, 0.25) is 6.41 Å². The van der Waals surface area contributed by atoms with Gasteiger partial charge in [-0.3, -0.25) is 15.6 Å². The average Bonchev–Trinajstić information content (AvgIpc) is 2.26. The highest BCUT2D eigenvalue weighted by Crippen LogP contribution is 2.17. The third-order valence-electron chi connectivity index (χ3n) is 1.99. The summed E-state index contributed by atoms with van der Waals surface area (Å²) in [6, 6.07) is 9.13. The highest BCUT2D eigenvalue weighted by Gasteiger charge is 1.97. The Hall–Kier alpha value is -2.30. The number of nitrogens with one attached hydrogen (secondary N) is 2. The van der Waals surface area contributed by atoms with Crippen molar-refractivity contribution >= 4 is 28.8 Å². The summed E-state index contributed by atoms with van der Waals surface area (Å²) in [6.45, 7) is 0. The van der Waals surface area contributed by atoms with E-state index in [-0.39, 0.29) is 0 Å². The quantitative estimate of drug-likeness (QED) is 0.510. The minimum atomic E-state index is 0.495. The van der Waals surface area contributed by atoms with Crippen LogP contribution in [-0.4, -0.2) is 11.4 Å². The van der Waals surface area contributed by atoms with E-state index in [1.165, 1.54) is 0 Å². The van der Waals surface area contributed by atoms with Crippen LogP contribution in [0.15, 0.2) is 30.3 Å². The number of benzene rings is 1. The van der Waals surface area contributed by atoms with Gasteiger partial charge in [-0.15, -0.1) is 0 Å². The fourth-order valence-electron chi connectivity index (χ4n) is 1.33. The number of rotatable bonds is 3. The topological polar surface area (TPSA) is 80.0 Å². The van der Waals surface area contributed by atoms with Gasteiger partial charge in [-0.05, 0) is 30.3 Å². The zero-order chi connectivity index (χ0) is 10.7. The number of nitrogens with two attached hydrogens (primary N) is 1. The molecule has 0 fully saturated rings. The third kappa shape index (κ3) is 1.96. The minimum Gasteiger partial charge on any atom is -0.384 e. The molecule has 0 unspecified atom stereocenters. The Labute approximate surface area is 86.3 Å². The summed E-state index contributed by atoms with van der Waals surface area (Å²) in [5.74, 6) is 0.495. The van der Waals surface area contributed by atoms with Crippen molar-refractivity contribution in [1.82, 2.24) is 10.4 Å². The maximum atomic E-state index is 10.1. The van der Waals surface area contributed by atoms with Crippen molar-refractivity contribution in [2.75, 3.05) is 11.2 Å². The molecule has 0 saturated carbocycles. The van der Waals surface area contributed by atoms with E-state index >= 15 is 0 Å². The largest absolute Gasteiger partial charge is 0.384 e. The van der Waals surface area contributed by atoms with Crippen LogP contribution in [0.5, 0.6) is 0 Å². The summed E-state index contributed by atoms with van der Waals surface area (Å²) in [5, 5.41) is 0.960. The van der Waals surface area contributed by atoms with Crippen LogP contribution in [0.25, 0.3) is 10.9 Å². The van der Waals surface area contributed by atoms with Crippen molar-refractivity contribution in [3.63, 3.8) is 0 Å². The molecule has 0 aliphatic heterocycles. The monoisotopic (exact) mass is 202 g/mol. The molecule has 0 radical (unpaired) electrons. The van der Waals surface area contributed by atoms with Crippen LogP contribution in [0.3, 0.4) is 0 Å². The maximum absolute atomic E-state index is 10.1. The molecule has 0 aliphatic rings. The standard InChI is InChI=1S/C10H10N4O/c11-10-4-1-7-5-8(14-12-6-15)2-3-9(7)13-10/h1-6,14H,(H2,11,13)(H,12,15). The second-order valence-corrected chi connectivity index (χ2v) is 3.03. The highest BCUT2D eigenvalue weighted by atomic mass is 16.1. The van der Waals surface area contributed by atoms with E-state index in [2.05, 4.69) is 15.8 Å². The van der Waals surface area contributed by atoms with E-state index in [0.717, 1.165) is 16.6 Å². The second kappa shape index (κ2) is 3.83. The molecule has 5 nitrogen and oxygen atoms in total. The summed E-state index contributed by atoms with van der Waals surface area (Å²) in [7, 11) is 0. The molecule has 1 amide bonds. The number of pyridine rings is 1. The number of nitrogens with zero attached hydrogens (tertiary/aromatic N) is 1. The van der Waals surface area contributed by atoms with E-state index in [0.29, 0.717) is 12.2 Å². The first kappa shape index (κ1) is 9.26. The first-order chi connectivity index (χ1) is 7.29. The Kier molecular flexibility index (Phi) is 2.37. The Morgan fingerprint density at radius 1 is 1.27 bits per heavy atom. The summed E-state index contributed by atoms with van der Waals surface area (Å²) in [4.78, 5) is 14.2. The molecule has 0 saturated heterocycles. The number of carbonyl (C=O) groups is 1. The fraction of sp³-hybridized carbons (Fsp3) is 0. The maximum Gasteiger partial charge on any atom is 0.225 e. The lowest BCUT2D eigenvalue weighted by molar-refractivity contribution is -0.109. The van der Waals surface area contributed by atoms with Gasteiger partial charge >= 0.3 is 0 Å². The molecule has 76 valence electrons. The van der Waals surface area contributed by atoms with Crippen LogP contribution in [0.1, 0.15) is 0 Å². The molecule has 1 aromatic heterocycles. The molecule has 1 aromatic carbocycles. The molecule has 0 aliphatic carbocycles. The zero-order valence-corrected chi connectivity index (χ0v) is 7.90. The van der Waals surface area contributed by atoms with Gasteiger partial charge in [0.15, 0.2) is 0 Å². The number of nitrogen functional groups attached to an aromatic ring is 1. The minimum absolute atomic E-state index is 0.495. The van der Waals surface area contributed by atoms with Gasteiger partial charge in [0.05, 0.1) is 11.2 Å². The van der Waals surface area contributed by atoms with Crippen LogP contribution >= 0.6 is 0 Å². The van der Waals surface area contributed by atoms with E-state index < -0.39 is 0 Å². The number of hydrazine groups is 1. The first-order valence-corrected chi connectivity index (χ1v) is 4.41. The number of hydrogen-bond acceptors (Lipinski definition) is 4. The van der Waals surface area contributed by atoms with Crippen molar-refractivity contribution in [2.24, 2.45) is 0 Å². The van der Waals surface area contributed by atoms with E-state index in [9.17, 15) is 4.79 Å². The Morgan fingerprint density at radius 2 is 2.13 bits per heavy atom. The van der Waals surface area contributed by atoms with Gasteiger partial charge in [0, 0.05) is 5.39 Å². The molecule has 0 atom stereocenters. The lowest BCUT2D eigenvalue weighted by Crippen LogP contribution is -2.18. The van der Waals surface area contributed by atoms with Crippen molar-refractivity contribution in [1.29, 1.82) is 0 Å². The number of anilines is 2. The third-order valence-corrected chi connectivity index (χ3v) is 1.99. The number of aromatic nitrogens is 1. The normalized spacial score (nSPS) is 9.87. The molecule has 1 heterocycles. The fourth-order valence-corrected chi connectivity index (χ4v) is 1.33. The summed E-state index contributed by atoms with van der Waals surface area (Å²) < 4.78 is 0. The van der Waals surface area contributed by atoms with E-state index in [4.69, 9.17) is 5.73 Å². The summed E-state index contributed by atoms with van der Waals surface area (Å²) >= 11 is 0. The van der Waals surface area contributed by atoms with Crippen molar-refractivity contribution in [3.8, 4) is 0 Å². The van der Waals surface area contributed by atoms with E-state index in [1.54, 1.807) is 6.07 Å². The Morgan fingerprint density at radius 3 is 2.93 bits per heavy atom. The molecular formula is C10H10N4O. The van der Waals surface area contributed by atoms with Crippen LogP contribution in [0, 0.1) is 0 Å². The van der Waals surface area contributed by atoms with Gasteiger partial charge in [-0.25, -0.2) is 4.98 Å². The number of fused-ring (bicyclic) bond motifs is 1. The van der Waals surface area contributed by atoms with Gasteiger partial charge in [0.25, 0.3) is 0 Å². The van der Waals surface area contributed by atoms with Crippen molar-refractivity contribution in [3.05, 3.63) is 30.3 Å². The predicted molar refractivity (Wildman–Crippen MR) is 59.0 cm³/mol. The molecular weight excluding hydrogens is 192 g/mol. The zero-order valence-electron chi connectivity index (χ0n) is 7.90. The van der Waals surface area contributed by atoms with Gasteiger partial charge in [-0.2, -0.15) is 0 Å². The average molecular weight is 202 g/mol. The van der Waals surface area contributed by atoms with Crippen LogP contribution in [0.4, 0.5) is 11.5 Å². The molecule has 2 aromatic rings. The summed E-state index contributed by atoms with van der Waals surface area (Å²) in [6.07, 6.45) is 0.575. The Balaban J connectivity index is 2.38. The molecule has 5 heteroatoms. The SMILES string of the molecule is Nc1ccc2cc(NNC=O)ccc2n1. The smallest absolute Gasteiger partial charge is 0.225 e. The molecule has 0 spiro atoms. The van der Waals surface area contributed by atoms with Gasteiger partial charge in [0.1, 0.15) is 5.82 Å². The molecule has 0 bridgehead atoms. The first-order valence-electron chi connectivity index (χ1n) is 4.41. The lowest BCUT2D eigenvalue weighted by Gasteiger charge is -2.05.